The van der Waals surface area contributed by atoms with Gasteiger partial charge in [-0.2, -0.15) is 0 Å². The van der Waals surface area contributed by atoms with E-state index in [4.69, 9.17) is 4.74 Å². The molecule has 5 rings (SSSR count). The maximum atomic E-state index is 11.8. The molecule has 4 fully saturated rings. The van der Waals surface area contributed by atoms with Crippen LogP contribution in [-0.2, 0) is 16.1 Å². The first-order valence-corrected chi connectivity index (χ1v) is 14.6. The monoisotopic (exact) mass is 496 g/mol. The molecule has 0 aliphatic heterocycles. The van der Waals surface area contributed by atoms with Gasteiger partial charge in [0.05, 0.1) is 18.9 Å². The third kappa shape index (κ3) is 4.64. The Labute approximate surface area is 218 Å². The van der Waals surface area contributed by atoms with Gasteiger partial charge in [-0.25, -0.2) is 0 Å². The third-order valence-electron chi connectivity index (χ3n) is 11.8. The van der Waals surface area contributed by atoms with E-state index in [-0.39, 0.29) is 12.1 Å². The summed E-state index contributed by atoms with van der Waals surface area (Å²) in [7, 11) is 1.49. The van der Waals surface area contributed by atoms with E-state index in [1.54, 1.807) is 0 Å². The first-order valence-electron chi connectivity index (χ1n) is 14.6. The smallest absolute Gasteiger partial charge is 0.305 e. The first kappa shape index (κ1) is 26.2. The molecule has 4 aliphatic rings. The lowest BCUT2D eigenvalue weighted by atomic mass is 9.43. The summed E-state index contributed by atoms with van der Waals surface area (Å²) in [6, 6.07) is 6.65. The Morgan fingerprint density at radius 1 is 1.14 bits per heavy atom. The van der Waals surface area contributed by atoms with Gasteiger partial charge in [0.15, 0.2) is 0 Å². The van der Waals surface area contributed by atoms with Crippen LogP contribution in [0.25, 0.3) is 0 Å². The highest BCUT2D eigenvalue weighted by atomic mass is 16.5. The number of nitrogens with zero attached hydrogens (tertiary/aromatic N) is 1. The number of carbonyl (C=O) groups excluding carboxylic acids is 1. The summed E-state index contributed by atoms with van der Waals surface area (Å²) >= 11 is 0. The van der Waals surface area contributed by atoms with Crippen LogP contribution in [0.4, 0.5) is 0 Å². The fourth-order valence-electron chi connectivity index (χ4n) is 9.78. The molecule has 0 radical (unpaired) electrons. The number of aliphatic hydroxyl groups excluding tert-OH is 1. The fourth-order valence-corrected chi connectivity index (χ4v) is 9.78. The van der Waals surface area contributed by atoms with Crippen LogP contribution < -0.4 is 5.32 Å². The summed E-state index contributed by atoms with van der Waals surface area (Å²) in [6.07, 6.45) is 12.8. The predicted octanol–water partition coefficient (Wildman–Crippen LogP) is 5.76. The molecule has 4 aliphatic carbocycles. The maximum absolute atomic E-state index is 11.8. The maximum Gasteiger partial charge on any atom is 0.305 e. The molecule has 0 spiro atoms. The number of nitrogens with one attached hydrogen (secondary N) is 1. The molecule has 0 bridgehead atoms. The van der Waals surface area contributed by atoms with E-state index < -0.39 is 0 Å². The molecular formula is C31H48N2O3. The second kappa shape index (κ2) is 10.4. The topological polar surface area (TPSA) is 71.5 Å². The average Bonchev–Trinajstić information content (AvgIpc) is 3.24. The molecule has 10 atom stereocenters. The van der Waals surface area contributed by atoms with Crippen molar-refractivity contribution >= 4 is 5.97 Å². The first-order chi connectivity index (χ1) is 17.3. The number of esters is 1. The highest BCUT2D eigenvalue weighted by molar-refractivity contribution is 5.69. The number of pyridine rings is 1. The van der Waals surface area contributed by atoms with Crippen LogP contribution in [0.15, 0.2) is 24.4 Å². The number of aromatic nitrogens is 1. The quantitative estimate of drug-likeness (QED) is 0.470. The van der Waals surface area contributed by atoms with Crippen molar-refractivity contribution in [3.63, 3.8) is 0 Å². The number of carbonyl (C=O) groups is 1. The van der Waals surface area contributed by atoms with Crippen LogP contribution in [0.1, 0.15) is 90.7 Å². The molecule has 0 saturated heterocycles. The summed E-state index contributed by atoms with van der Waals surface area (Å²) in [5.74, 6) is 3.40. The molecule has 1 heterocycles. The van der Waals surface area contributed by atoms with Crippen molar-refractivity contribution in [3.05, 3.63) is 30.1 Å². The van der Waals surface area contributed by atoms with Crippen molar-refractivity contribution in [1.82, 2.24) is 10.3 Å². The number of ether oxygens (including phenoxy) is 1. The van der Waals surface area contributed by atoms with Crippen molar-refractivity contribution < 1.29 is 14.6 Å². The van der Waals surface area contributed by atoms with Crippen LogP contribution >= 0.6 is 0 Å². The Hall–Kier alpha value is -1.46. The second-order valence-corrected chi connectivity index (χ2v) is 13.3. The molecule has 5 heteroatoms. The Bertz CT molecular complexity index is 908. The van der Waals surface area contributed by atoms with E-state index in [0.717, 1.165) is 25.1 Å². The zero-order chi connectivity index (χ0) is 25.5. The van der Waals surface area contributed by atoms with Gasteiger partial charge >= 0.3 is 5.97 Å². The Morgan fingerprint density at radius 2 is 1.92 bits per heavy atom. The summed E-state index contributed by atoms with van der Waals surface area (Å²) in [5, 5.41) is 15.4. The SMILES string of the molecule is COC(=O)CC[C@@H](C)C1CCC2C3C(CC[C@@]21C)[C@@]1(C)CC[C@@H](NCc2ccccn2)C[C@@H]1C[C@H]3O. The highest BCUT2D eigenvalue weighted by Gasteiger charge is 2.62. The van der Waals surface area contributed by atoms with Crippen LogP contribution in [0.5, 0.6) is 0 Å². The second-order valence-electron chi connectivity index (χ2n) is 13.3. The highest BCUT2D eigenvalue weighted by Crippen LogP contribution is 2.68. The van der Waals surface area contributed by atoms with Crippen LogP contribution in [0, 0.1) is 46.3 Å². The van der Waals surface area contributed by atoms with Crippen LogP contribution in [-0.4, -0.2) is 35.3 Å². The van der Waals surface area contributed by atoms with Gasteiger partial charge in [0.2, 0.25) is 0 Å². The molecule has 200 valence electrons. The lowest BCUT2D eigenvalue weighted by molar-refractivity contribution is -0.167. The van der Waals surface area contributed by atoms with E-state index in [9.17, 15) is 9.90 Å². The molecular weight excluding hydrogens is 448 g/mol. The lowest BCUT2D eigenvalue weighted by Crippen LogP contribution is -2.59. The van der Waals surface area contributed by atoms with Gasteiger partial charge in [-0.1, -0.05) is 26.8 Å². The Morgan fingerprint density at radius 3 is 2.67 bits per heavy atom. The third-order valence-corrected chi connectivity index (χ3v) is 11.8. The van der Waals surface area contributed by atoms with E-state index in [2.05, 4.69) is 43.2 Å². The van der Waals surface area contributed by atoms with Gasteiger partial charge in [-0.15, -0.1) is 0 Å². The lowest BCUT2D eigenvalue weighted by Gasteiger charge is -2.62. The minimum Gasteiger partial charge on any atom is -0.469 e. The van der Waals surface area contributed by atoms with Gasteiger partial charge in [-0.05, 0) is 116 Å². The summed E-state index contributed by atoms with van der Waals surface area (Å²) in [6.45, 7) is 8.28. The average molecular weight is 497 g/mol. The molecule has 4 saturated carbocycles. The Kier molecular flexibility index (Phi) is 7.53. The van der Waals surface area contributed by atoms with Gasteiger partial charge in [0, 0.05) is 25.2 Å². The van der Waals surface area contributed by atoms with Crippen molar-refractivity contribution in [2.45, 2.75) is 104 Å². The zero-order valence-electron chi connectivity index (χ0n) is 22.9. The summed E-state index contributed by atoms with van der Waals surface area (Å²) in [4.78, 5) is 16.2. The van der Waals surface area contributed by atoms with Crippen LogP contribution in [0.3, 0.4) is 0 Å². The molecule has 1 aromatic rings. The molecule has 0 amide bonds. The van der Waals surface area contributed by atoms with E-state index in [0.29, 0.717) is 58.8 Å². The van der Waals surface area contributed by atoms with E-state index >= 15 is 0 Å². The minimum atomic E-state index is -0.170. The number of rotatable bonds is 7. The largest absolute Gasteiger partial charge is 0.469 e. The van der Waals surface area contributed by atoms with Crippen molar-refractivity contribution in [2.75, 3.05) is 7.11 Å². The number of fused-ring (bicyclic) bond motifs is 5. The van der Waals surface area contributed by atoms with Gasteiger partial charge in [0.1, 0.15) is 0 Å². The van der Waals surface area contributed by atoms with Gasteiger partial charge in [0.25, 0.3) is 0 Å². The summed E-state index contributed by atoms with van der Waals surface area (Å²) < 4.78 is 4.91. The van der Waals surface area contributed by atoms with Crippen molar-refractivity contribution in [3.8, 4) is 0 Å². The van der Waals surface area contributed by atoms with Gasteiger partial charge in [-0.3, -0.25) is 9.78 Å². The van der Waals surface area contributed by atoms with Crippen LogP contribution in [0.2, 0.25) is 0 Å². The zero-order valence-corrected chi connectivity index (χ0v) is 22.9. The molecule has 5 nitrogen and oxygen atoms in total. The Balaban J connectivity index is 1.25. The number of aliphatic hydroxyl groups is 1. The molecule has 4 unspecified atom stereocenters. The van der Waals surface area contributed by atoms with Gasteiger partial charge < -0.3 is 15.2 Å². The number of methoxy groups -OCH3 is 1. The molecule has 2 N–H and O–H groups in total. The summed E-state index contributed by atoms with van der Waals surface area (Å²) in [5.41, 5.74) is 1.75. The van der Waals surface area contributed by atoms with Crippen molar-refractivity contribution in [1.29, 1.82) is 0 Å². The predicted molar refractivity (Wildman–Crippen MR) is 142 cm³/mol. The number of hydrogen-bond acceptors (Lipinski definition) is 5. The molecule has 36 heavy (non-hydrogen) atoms. The standard InChI is InChI=1S/C31H48N2O3/c1-20(8-11-28(35)36-4)24-9-10-25-29-26(13-15-31(24,25)3)30(2)14-12-22(17-21(30)18-27(29)34)33-19-23-7-5-6-16-32-23/h5-7,16,20-22,24-27,29,33-34H,8-15,17-19H2,1-4H3/t20-,21-,22-,24?,25?,26?,27-,29?,30+,31-/m1/s1. The van der Waals surface area contributed by atoms with E-state index in [1.165, 1.54) is 52.1 Å². The number of hydrogen-bond donors (Lipinski definition) is 2. The molecule has 1 aromatic heterocycles. The van der Waals surface area contributed by atoms with E-state index in [1.807, 2.05) is 12.3 Å². The normalized spacial score (nSPS) is 42.6. The fraction of sp³-hybridized carbons (Fsp3) is 0.806. The minimum absolute atomic E-state index is 0.0861. The van der Waals surface area contributed by atoms with Crippen molar-refractivity contribution in [2.24, 2.45) is 46.3 Å². The molecule has 0 aromatic carbocycles.